The summed E-state index contributed by atoms with van der Waals surface area (Å²) in [6, 6.07) is 9.45. The van der Waals surface area contributed by atoms with E-state index in [-0.39, 0.29) is 29.8 Å². The van der Waals surface area contributed by atoms with E-state index in [0.717, 1.165) is 5.56 Å². The summed E-state index contributed by atoms with van der Waals surface area (Å²) in [6.45, 7) is 6.45. The van der Waals surface area contributed by atoms with E-state index in [1.54, 1.807) is 7.11 Å². The van der Waals surface area contributed by atoms with E-state index >= 15 is 0 Å². The van der Waals surface area contributed by atoms with Crippen molar-refractivity contribution < 1.29 is 9.53 Å². The molecule has 0 saturated carbocycles. The Hall–Kier alpha value is -1.10. The molecule has 2 N–H and O–H groups in total. The molecule has 0 aromatic heterocycles. The lowest BCUT2D eigenvalue weighted by Crippen LogP contribution is -2.43. The number of carbonyl (C=O) groups is 1. The number of amides is 1. The molecule has 0 fully saturated rings. The van der Waals surface area contributed by atoms with Gasteiger partial charge < -0.3 is 4.74 Å². The van der Waals surface area contributed by atoms with Gasteiger partial charge in [-0.2, -0.15) is 0 Å². The molecular formula is C15H25ClN2O2. The van der Waals surface area contributed by atoms with Gasteiger partial charge in [-0.15, -0.1) is 12.4 Å². The van der Waals surface area contributed by atoms with Crippen LogP contribution in [0.1, 0.15) is 38.8 Å². The van der Waals surface area contributed by atoms with E-state index in [4.69, 9.17) is 10.6 Å². The minimum Gasteiger partial charge on any atom is -0.382 e. The highest BCUT2D eigenvalue weighted by Crippen LogP contribution is 2.24. The molecule has 1 aromatic carbocycles. The van der Waals surface area contributed by atoms with Gasteiger partial charge in [-0.25, -0.2) is 5.84 Å². The maximum absolute atomic E-state index is 12.2. The standard InChI is InChI=1S/C15H24N2O2.ClH/c1-15(2,3)10-14(18)17(16)13(11-19-4)12-8-6-5-7-9-12;/h5-9,13H,10-11,16H2,1-4H3;1H/t13-;/m1./s1. The number of hydrazine groups is 1. The Morgan fingerprint density at radius 1 is 1.30 bits per heavy atom. The van der Waals surface area contributed by atoms with Crippen LogP contribution in [0.15, 0.2) is 30.3 Å². The minimum absolute atomic E-state index is 0. The maximum atomic E-state index is 12.2. The molecule has 20 heavy (non-hydrogen) atoms. The maximum Gasteiger partial charge on any atom is 0.237 e. The monoisotopic (exact) mass is 300 g/mol. The molecule has 0 radical (unpaired) electrons. The summed E-state index contributed by atoms with van der Waals surface area (Å²) in [7, 11) is 1.61. The second-order valence-electron chi connectivity index (χ2n) is 5.92. The predicted molar refractivity (Wildman–Crippen MR) is 83.4 cm³/mol. The number of rotatable bonds is 5. The summed E-state index contributed by atoms with van der Waals surface area (Å²) in [5.41, 5.74) is 0.900. The number of halogens is 1. The number of hydrogen-bond donors (Lipinski definition) is 1. The molecule has 1 rings (SSSR count). The zero-order valence-corrected chi connectivity index (χ0v) is 13.4. The molecule has 0 spiro atoms. The first-order valence-corrected chi connectivity index (χ1v) is 6.46. The van der Waals surface area contributed by atoms with Crippen molar-refractivity contribution in [3.8, 4) is 0 Å². The highest BCUT2D eigenvalue weighted by atomic mass is 35.5. The van der Waals surface area contributed by atoms with E-state index in [0.29, 0.717) is 13.0 Å². The molecule has 114 valence electrons. The Morgan fingerprint density at radius 3 is 2.30 bits per heavy atom. The largest absolute Gasteiger partial charge is 0.382 e. The SMILES string of the molecule is COC[C@H](c1ccccc1)N(N)C(=O)CC(C)(C)C.Cl. The van der Waals surface area contributed by atoms with Crippen LogP contribution in [0, 0.1) is 5.41 Å². The Kier molecular flexibility index (Phi) is 7.79. The second kappa shape index (κ2) is 8.25. The van der Waals surface area contributed by atoms with Crippen LogP contribution in [0.5, 0.6) is 0 Å². The van der Waals surface area contributed by atoms with E-state index in [1.807, 2.05) is 51.1 Å². The van der Waals surface area contributed by atoms with Crippen LogP contribution in [0.25, 0.3) is 0 Å². The second-order valence-corrected chi connectivity index (χ2v) is 5.92. The summed E-state index contributed by atoms with van der Waals surface area (Å²) in [5.74, 6) is 5.92. The van der Waals surface area contributed by atoms with Crippen molar-refractivity contribution in [2.45, 2.75) is 33.2 Å². The van der Waals surface area contributed by atoms with Crippen LogP contribution >= 0.6 is 12.4 Å². The average molecular weight is 301 g/mol. The van der Waals surface area contributed by atoms with Gasteiger partial charge in [-0.1, -0.05) is 51.1 Å². The highest BCUT2D eigenvalue weighted by molar-refractivity contribution is 5.85. The van der Waals surface area contributed by atoms with Gasteiger partial charge in [0.15, 0.2) is 0 Å². The van der Waals surface area contributed by atoms with Gasteiger partial charge in [0.2, 0.25) is 5.91 Å². The first-order chi connectivity index (χ1) is 8.85. The molecular weight excluding hydrogens is 276 g/mol. The normalized spacial score (nSPS) is 12.4. The highest BCUT2D eigenvalue weighted by Gasteiger charge is 2.26. The number of hydrogen-bond acceptors (Lipinski definition) is 3. The van der Waals surface area contributed by atoms with Gasteiger partial charge in [0.25, 0.3) is 0 Å². The molecule has 0 aliphatic carbocycles. The fourth-order valence-corrected chi connectivity index (χ4v) is 1.89. The zero-order valence-electron chi connectivity index (χ0n) is 12.6. The predicted octanol–water partition coefficient (Wildman–Crippen LogP) is 2.93. The number of nitrogens with zero attached hydrogens (tertiary/aromatic N) is 1. The van der Waals surface area contributed by atoms with Crippen LogP contribution in [-0.4, -0.2) is 24.6 Å². The van der Waals surface area contributed by atoms with Crippen molar-refractivity contribution in [1.82, 2.24) is 5.01 Å². The van der Waals surface area contributed by atoms with Crippen molar-refractivity contribution in [3.05, 3.63) is 35.9 Å². The summed E-state index contributed by atoms with van der Waals surface area (Å²) in [4.78, 5) is 12.2. The Balaban J connectivity index is 0.00000361. The molecule has 0 bridgehead atoms. The third-order valence-corrected chi connectivity index (χ3v) is 2.81. The summed E-state index contributed by atoms with van der Waals surface area (Å²) < 4.78 is 5.19. The summed E-state index contributed by atoms with van der Waals surface area (Å²) in [5, 5.41) is 1.30. The van der Waals surface area contributed by atoms with Crippen molar-refractivity contribution in [2.75, 3.05) is 13.7 Å². The summed E-state index contributed by atoms with van der Waals surface area (Å²) in [6.07, 6.45) is 0.413. The fraction of sp³-hybridized carbons (Fsp3) is 0.533. The lowest BCUT2D eigenvalue weighted by atomic mass is 9.91. The summed E-state index contributed by atoms with van der Waals surface area (Å²) >= 11 is 0. The van der Waals surface area contributed by atoms with Crippen molar-refractivity contribution in [1.29, 1.82) is 0 Å². The van der Waals surface area contributed by atoms with Gasteiger partial charge in [-0.05, 0) is 11.0 Å². The number of carbonyl (C=O) groups excluding carboxylic acids is 1. The number of nitrogens with two attached hydrogens (primary N) is 1. The van der Waals surface area contributed by atoms with Gasteiger partial charge in [-0.3, -0.25) is 9.80 Å². The topological polar surface area (TPSA) is 55.6 Å². The van der Waals surface area contributed by atoms with Crippen molar-refractivity contribution in [3.63, 3.8) is 0 Å². The molecule has 1 aromatic rings. The van der Waals surface area contributed by atoms with Crippen LogP contribution in [0.3, 0.4) is 0 Å². The molecule has 0 saturated heterocycles. The molecule has 0 unspecified atom stereocenters. The molecule has 1 atom stereocenters. The molecule has 4 nitrogen and oxygen atoms in total. The van der Waals surface area contributed by atoms with Crippen LogP contribution in [0.2, 0.25) is 0 Å². The van der Waals surface area contributed by atoms with E-state index in [1.165, 1.54) is 5.01 Å². The van der Waals surface area contributed by atoms with E-state index in [2.05, 4.69) is 0 Å². The van der Waals surface area contributed by atoms with Crippen molar-refractivity contribution >= 4 is 18.3 Å². The van der Waals surface area contributed by atoms with Crippen molar-refractivity contribution in [2.24, 2.45) is 11.3 Å². The zero-order chi connectivity index (χ0) is 14.5. The lowest BCUT2D eigenvalue weighted by molar-refractivity contribution is -0.137. The van der Waals surface area contributed by atoms with Gasteiger partial charge in [0, 0.05) is 13.5 Å². The molecule has 0 aliphatic heterocycles. The third-order valence-electron chi connectivity index (χ3n) is 2.81. The minimum atomic E-state index is -0.249. The van der Waals surface area contributed by atoms with Gasteiger partial charge in [0.1, 0.15) is 0 Å². The molecule has 0 heterocycles. The van der Waals surface area contributed by atoms with E-state index < -0.39 is 0 Å². The number of benzene rings is 1. The number of methoxy groups -OCH3 is 1. The molecule has 5 heteroatoms. The molecule has 1 amide bonds. The van der Waals surface area contributed by atoms with E-state index in [9.17, 15) is 4.79 Å². The van der Waals surface area contributed by atoms with Crippen LogP contribution < -0.4 is 5.84 Å². The third kappa shape index (κ3) is 5.90. The fourth-order valence-electron chi connectivity index (χ4n) is 1.89. The van der Waals surface area contributed by atoms with Crippen LogP contribution in [0.4, 0.5) is 0 Å². The Bertz CT molecular complexity index is 404. The van der Waals surface area contributed by atoms with Gasteiger partial charge in [0.05, 0.1) is 12.6 Å². The first-order valence-electron chi connectivity index (χ1n) is 6.46. The first kappa shape index (κ1) is 18.9. The quantitative estimate of drug-likeness (QED) is 0.517. The Morgan fingerprint density at radius 2 is 1.85 bits per heavy atom. The Labute approximate surface area is 127 Å². The number of ether oxygens (including phenoxy) is 1. The smallest absolute Gasteiger partial charge is 0.237 e. The molecule has 0 aliphatic rings. The average Bonchev–Trinajstić information content (AvgIpc) is 2.34. The van der Waals surface area contributed by atoms with Gasteiger partial charge >= 0.3 is 0 Å². The van der Waals surface area contributed by atoms with Crippen LogP contribution in [-0.2, 0) is 9.53 Å². The lowest BCUT2D eigenvalue weighted by Gasteiger charge is -2.29.